The summed E-state index contributed by atoms with van der Waals surface area (Å²) in [5.74, 6) is -0.365. The van der Waals surface area contributed by atoms with E-state index in [1.165, 1.54) is 18.2 Å². The number of hydrogen-bond donors (Lipinski definition) is 3. The van der Waals surface area contributed by atoms with Gasteiger partial charge in [-0.25, -0.2) is 0 Å². The van der Waals surface area contributed by atoms with E-state index in [4.69, 9.17) is 0 Å². The van der Waals surface area contributed by atoms with Crippen LogP contribution in [0.3, 0.4) is 0 Å². The minimum atomic E-state index is -4.45. The molecule has 0 aliphatic carbocycles. The lowest BCUT2D eigenvalue weighted by molar-refractivity contribution is -0.437. The van der Waals surface area contributed by atoms with Gasteiger partial charge in [0.25, 0.3) is 30.4 Å². The molecule has 4 rings (SSSR count). The van der Waals surface area contributed by atoms with Crippen molar-refractivity contribution in [1.82, 2.24) is 0 Å². The summed E-state index contributed by atoms with van der Waals surface area (Å²) in [4.78, 5) is 1.78. The molecule has 2 aromatic carbocycles. The normalized spacial score (nSPS) is 20.7. The zero-order valence-electron chi connectivity index (χ0n) is 27.4. The van der Waals surface area contributed by atoms with Crippen LogP contribution in [0.25, 0.3) is 0 Å². The summed E-state index contributed by atoms with van der Waals surface area (Å²) in [5, 5.41) is 0. The Hall–Kier alpha value is -3.14. The van der Waals surface area contributed by atoms with Crippen molar-refractivity contribution in [2.45, 2.75) is 75.0 Å². The predicted molar refractivity (Wildman–Crippen MR) is 183 cm³/mol. The highest BCUT2D eigenvalue weighted by Gasteiger charge is 2.46. The van der Waals surface area contributed by atoms with E-state index in [1.54, 1.807) is 18.2 Å². The second-order valence-electron chi connectivity index (χ2n) is 12.9. The van der Waals surface area contributed by atoms with Crippen molar-refractivity contribution in [3.8, 4) is 0 Å². The van der Waals surface area contributed by atoms with Gasteiger partial charge in [-0.05, 0) is 75.1 Å². The van der Waals surface area contributed by atoms with Gasteiger partial charge in [-0.15, -0.1) is 0 Å². The molecule has 2 aliphatic heterocycles. The minimum absolute atomic E-state index is 0.0761. The number of fused-ring (bicyclic) bond motifs is 2. The lowest BCUT2D eigenvalue weighted by Gasteiger charge is -2.33. The molecular formula is C33H43N2O9S3+. The van der Waals surface area contributed by atoms with Gasteiger partial charge in [0, 0.05) is 47.5 Å². The van der Waals surface area contributed by atoms with Gasteiger partial charge in [-0.3, -0.25) is 13.7 Å². The first-order chi connectivity index (χ1) is 21.6. The van der Waals surface area contributed by atoms with Gasteiger partial charge in [-0.2, -0.15) is 29.8 Å². The summed E-state index contributed by atoms with van der Waals surface area (Å²) < 4.78 is 101. The van der Waals surface area contributed by atoms with Crippen LogP contribution in [0.4, 0.5) is 11.4 Å². The van der Waals surface area contributed by atoms with Gasteiger partial charge in [0.2, 0.25) is 5.69 Å². The number of nitrogens with zero attached hydrogens (tertiary/aromatic N) is 2. The Morgan fingerprint density at radius 2 is 1.45 bits per heavy atom. The van der Waals surface area contributed by atoms with Crippen molar-refractivity contribution >= 4 is 47.4 Å². The van der Waals surface area contributed by atoms with E-state index >= 15 is 0 Å². The Morgan fingerprint density at radius 3 is 2.00 bits per heavy atom. The fourth-order valence-electron chi connectivity index (χ4n) is 6.53. The lowest BCUT2D eigenvalue weighted by atomic mass is 9.72. The van der Waals surface area contributed by atoms with Crippen molar-refractivity contribution < 1.29 is 43.5 Å². The van der Waals surface area contributed by atoms with Crippen molar-refractivity contribution in [2.75, 3.05) is 23.7 Å². The van der Waals surface area contributed by atoms with Crippen LogP contribution in [0.1, 0.15) is 65.5 Å². The van der Waals surface area contributed by atoms with Gasteiger partial charge < -0.3 is 4.90 Å². The summed E-state index contributed by atoms with van der Waals surface area (Å²) in [7, 11) is -13.0. The number of anilines is 1. The molecule has 14 heteroatoms. The van der Waals surface area contributed by atoms with Gasteiger partial charge in [0.05, 0.1) is 21.0 Å². The van der Waals surface area contributed by atoms with Crippen LogP contribution in [0, 0.1) is 5.92 Å². The standard InChI is InChI=1S/C33H42N2O9S3/c1-7-18-34-29-17-15-25(47(42,43)44)22-27(29)33(6,23(2)3)31(34)13-10-8-9-12-30-32(4,5)26-21-24(46(39,40)41)14-16-28(26)35(30)19-11-20-45(36,37)38/h8-10,12-17,21-23H,7,11,18-20H2,1-6H3,(H2-,36,37,38,39,40,41,42,43,44)/p+1. The summed E-state index contributed by atoms with van der Waals surface area (Å²) in [6.45, 7) is 13.0. The quantitative estimate of drug-likeness (QED) is 0.142. The Labute approximate surface area is 278 Å². The molecule has 256 valence electrons. The minimum Gasteiger partial charge on any atom is -0.344 e. The first-order valence-electron chi connectivity index (χ1n) is 15.3. The van der Waals surface area contributed by atoms with Crippen LogP contribution in [0.15, 0.2) is 82.3 Å². The van der Waals surface area contributed by atoms with E-state index in [9.17, 15) is 38.9 Å². The van der Waals surface area contributed by atoms with Crippen molar-refractivity contribution in [1.29, 1.82) is 0 Å². The van der Waals surface area contributed by atoms with Crippen LogP contribution in [-0.2, 0) is 41.2 Å². The molecule has 1 unspecified atom stereocenters. The molecule has 2 aliphatic rings. The smallest absolute Gasteiger partial charge is 0.294 e. The van der Waals surface area contributed by atoms with Gasteiger partial charge in [-0.1, -0.05) is 39.0 Å². The number of benzene rings is 2. The molecule has 1 atom stereocenters. The summed E-state index contributed by atoms with van der Waals surface area (Å²) in [6, 6.07) is 9.00. The first-order valence-corrected chi connectivity index (χ1v) is 19.8. The molecule has 0 radical (unpaired) electrons. The van der Waals surface area contributed by atoms with Crippen LogP contribution in [0.2, 0.25) is 0 Å². The molecule has 0 aromatic heterocycles. The number of hydrogen-bond acceptors (Lipinski definition) is 7. The fourth-order valence-corrected chi connectivity index (χ4v) is 8.04. The van der Waals surface area contributed by atoms with Gasteiger partial charge >= 0.3 is 0 Å². The van der Waals surface area contributed by atoms with Crippen LogP contribution >= 0.6 is 0 Å². The highest BCUT2D eigenvalue weighted by molar-refractivity contribution is 7.86. The maximum absolute atomic E-state index is 12.0. The lowest BCUT2D eigenvalue weighted by Crippen LogP contribution is -2.33. The zero-order chi connectivity index (χ0) is 35.2. The molecule has 0 saturated heterocycles. The van der Waals surface area contributed by atoms with Gasteiger partial charge in [0.1, 0.15) is 6.54 Å². The Morgan fingerprint density at radius 1 is 0.851 bits per heavy atom. The average molecular weight is 708 g/mol. The average Bonchev–Trinajstić information content (AvgIpc) is 3.31. The van der Waals surface area contributed by atoms with Crippen LogP contribution < -0.4 is 4.90 Å². The SMILES string of the molecule is CCCN1/C(=C/C=C/C=C/C2=[N+](CCCS(=O)(=O)O)c3ccc(S(=O)(=O)O)cc3C2(C)C)C(C)(C(C)C)c2cc(S(=O)(=O)O)ccc21. The molecule has 0 spiro atoms. The maximum atomic E-state index is 12.0. The van der Waals surface area contributed by atoms with E-state index in [2.05, 4.69) is 32.6 Å². The number of rotatable bonds is 12. The van der Waals surface area contributed by atoms with Crippen molar-refractivity contribution in [2.24, 2.45) is 5.92 Å². The van der Waals surface area contributed by atoms with E-state index in [0.717, 1.165) is 29.1 Å². The monoisotopic (exact) mass is 707 g/mol. The van der Waals surface area contributed by atoms with Crippen LogP contribution in [-0.4, -0.2) is 68.0 Å². The second kappa shape index (κ2) is 13.1. The highest BCUT2D eigenvalue weighted by atomic mass is 32.2. The Kier molecular flexibility index (Phi) is 10.2. The molecule has 47 heavy (non-hydrogen) atoms. The third-order valence-corrected chi connectivity index (χ3v) is 11.7. The molecular weight excluding hydrogens is 665 g/mol. The summed E-state index contributed by atoms with van der Waals surface area (Å²) in [5.41, 5.74) is 3.47. The van der Waals surface area contributed by atoms with Crippen molar-refractivity contribution in [3.05, 3.63) is 83.6 Å². The molecule has 0 amide bonds. The summed E-state index contributed by atoms with van der Waals surface area (Å²) in [6.07, 6.45) is 10.4. The third kappa shape index (κ3) is 7.32. The first kappa shape index (κ1) is 36.7. The van der Waals surface area contributed by atoms with Crippen molar-refractivity contribution in [3.63, 3.8) is 0 Å². The van der Waals surface area contributed by atoms with E-state index in [1.807, 2.05) is 48.8 Å². The van der Waals surface area contributed by atoms with E-state index in [0.29, 0.717) is 17.8 Å². The molecule has 2 aromatic rings. The molecule has 0 fully saturated rings. The van der Waals surface area contributed by atoms with E-state index in [-0.39, 0.29) is 28.7 Å². The second-order valence-corrected chi connectivity index (χ2v) is 17.3. The largest absolute Gasteiger partial charge is 0.344 e. The third-order valence-electron chi connectivity index (χ3n) is 9.22. The zero-order valence-corrected chi connectivity index (χ0v) is 29.8. The summed E-state index contributed by atoms with van der Waals surface area (Å²) >= 11 is 0. The number of allylic oxidation sites excluding steroid dienone is 6. The molecule has 0 bridgehead atoms. The Bertz CT molecular complexity index is 2030. The van der Waals surface area contributed by atoms with E-state index < -0.39 is 46.9 Å². The van der Waals surface area contributed by atoms with Crippen LogP contribution in [0.5, 0.6) is 0 Å². The Balaban J connectivity index is 1.74. The molecule has 3 N–H and O–H groups in total. The molecule has 11 nitrogen and oxygen atoms in total. The highest BCUT2D eigenvalue weighted by Crippen LogP contribution is 2.52. The maximum Gasteiger partial charge on any atom is 0.294 e. The molecule has 2 heterocycles. The topological polar surface area (TPSA) is 169 Å². The van der Waals surface area contributed by atoms with Gasteiger partial charge in [0.15, 0.2) is 5.71 Å². The molecule has 0 saturated carbocycles. The fraction of sp³-hybridized carbons (Fsp3) is 0.424. The predicted octanol–water partition coefficient (Wildman–Crippen LogP) is 5.67.